The number of benzene rings is 1. The Labute approximate surface area is 131 Å². The van der Waals surface area contributed by atoms with Crippen LogP contribution in [0.1, 0.15) is 17.3 Å². The van der Waals surface area contributed by atoms with E-state index in [9.17, 15) is 4.79 Å². The number of fused-ring (bicyclic) bond motifs is 1. The zero-order chi connectivity index (χ0) is 15.7. The van der Waals surface area contributed by atoms with Crippen molar-refractivity contribution in [1.29, 1.82) is 0 Å². The summed E-state index contributed by atoms with van der Waals surface area (Å²) in [5.74, 6) is 4.91. The molecule has 2 aromatic heterocycles. The van der Waals surface area contributed by atoms with E-state index in [4.69, 9.17) is 17.4 Å². The van der Waals surface area contributed by atoms with E-state index in [1.54, 1.807) is 16.9 Å². The number of aryl methyl sites for hydroxylation is 1. The van der Waals surface area contributed by atoms with E-state index in [1.807, 2.05) is 31.2 Å². The Morgan fingerprint density at radius 1 is 1.41 bits per heavy atom. The average Bonchev–Trinajstić information content (AvgIpc) is 2.93. The first-order chi connectivity index (χ1) is 10.7. The first kappa shape index (κ1) is 14.5. The average molecular weight is 316 g/mol. The smallest absolute Gasteiger partial charge is 0.265 e. The molecule has 7 heteroatoms. The van der Waals surface area contributed by atoms with Crippen LogP contribution in [0.4, 0.5) is 0 Å². The lowest BCUT2D eigenvalue weighted by Crippen LogP contribution is -2.30. The number of halogens is 1. The van der Waals surface area contributed by atoms with Crippen LogP contribution in [0.5, 0.6) is 0 Å². The highest BCUT2D eigenvalue weighted by atomic mass is 35.5. The Hall–Kier alpha value is -2.44. The first-order valence-corrected chi connectivity index (χ1v) is 7.16. The fraction of sp³-hybridized carbons (Fsp3) is 0.133. The molecule has 2 heterocycles. The molecule has 3 N–H and O–H groups in total. The third-order valence-corrected chi connectivity index (χ3v) is 3.71. The molecule has 3 aromatic rings. The Balaban J connectivity index is 2.31. The fourth-order valence-corrected chi connectivity index (χ4v) is 2.66. The Morgan fingerprint density at radius 2 is 2.18 bits per heavy atom. The summed E-state index contributed by atoms with van der Waals surface area (Å²) < 4.78 is 1.74. The molecule has 0 aliphatic carbocycles. The van der Waals surface area contributed by atoms with E-state index in [0.717, 1.165) is 5.39 Å². The van der Waals surface area contributed by atoms with Gasteiger partial charge >= 0.3 is 0 Å². The maximum Gasteiger partial charge on any atom is 0.265 e. The molecular weight excluding hydrogens is 302 g/mol. The van der Waals surface area contributed by atoms with Crippen molar-refractivity contribution in [2.75, 3.05) is 0 Å². The van der Waals surface area contributed by atoms with Gasteiger partial charge in [0, 0.05) is 11.9 Å². The minimum atomic E-state index is -0.376. The number of nitrogens with zero attached hydrogens (tertiary/aromatic N) is 3. The highest BCUT2D eigenvalue weighted by Crippen LogP contribution is 2.29. The molecule has 0 radical (unpaired) electrons. The van der Waals surface area contributed by atoms with Gasteiger partial charge in [-0.05, 0) is 19.1 Å². The topological polar surface area (TPSA) is 85.8 Å². The predicted octanol–water partition coefficient (Wildman–Crippen LogP) is 2.38. The van der Waals surface area contributed by atoms with E-state index < -0.39 is 0 Å². The van der Waals surface area contributed by atoms with E-state index in [2.05, 4.69) is 15.5 Å². The molecule has 6 nitrogen and oxygen atoms in total. The van der Waals surface area contributed by atoms with Gasteiger partial charge in [0.2, 0.25) is 0 Å². The molecule has 0 atom stereocenters. The number of carbonyl (C=O) groups excluding carboxylic acids is 1. The monoisotopic (exact) mass is 315 g/mol. The van der Waals surface area contributed by atoms with Crippen LogP contribution in [0.25, 0.3) is 22.3 Å². The second-order valence-electron chi connectivity index (χ2n) is 4.70. The second-order valence-corrected chi connectivity index (χ2v) is 5.11. The molecule has 1 amide bonds. The number of nitrogens with two attached hydrogens (primary N) is 1. The standard InChI is InChI=1S/C15H14ClN5O/c1-2-21-14(11(16)8-18-21)13-7-10(15(22)20-17)9-5-3-4-6-12(9)19-13/h3-8H,2,17H2,1H3,(H,20,22). The molecule has 22 heavy (non-hydrogen) atoms. The van der Waals surface area contributed by atoms with E-state index in [-0.39, 0.29) is 5.91 Å². The largest absolute Gasteiger partial charge is 0.290 e. The lowest BCUT2D eigenvalue weighted by Gasteiger charge is -2.10. The predicted molar refractivity (Wildman–Crippen MR) is 85.3 cm³/mol. The molecular formula is C15H14ClN5O. The first-order valence-electron chi connectivity index (χ1n) is 6.78. The summed E-state index contributed by atoms with van der Waals surface area (Å²) in [5.41, 5.74) is 4.57. The summed E-state index contributed by atoms with van der Waals surface area (Å²) in [7, 11) is 0. The van der Waals surface area contributed by atoms with Crippen molar-refractivity contribution in [3.63, 3.8) is 0 Å². The SMILES string of the molecule is CCn1ncc(Cl)c1-c1cc(C(=O)NN)c2ccccc2n1. The lowest BCUT2D eigenvalue weighted by atomic mass is 10.1. The second kappa shape index (κ2) is 5.75. The molecule has 0 saturated heterocycles. The van der Waals surface area contributed by atoms with Crippen LogP contribution in [0.15, 0.2) is 36.5 Å². The van der Waals surface area contributed by atoms with Crippen LogP contribution in [0, 0.1) is 0 Å². The summed E-state index contributed by atoms with van der Waals surface area (Å²) in [6.45, 7) is 2.61. The number of hydrogen-bond acceptors (Lipinski definition) is 4. The number of aromatic nitrogens is 3. The molecule has 0 saturated carbocycles. The van der Waals surface area contributed by atoms with E-state index >= 15 is 0 Å². The molecule has 3 rings (SSSR count). The van der Waals surface area contributed by atoms with Gasteiger partial charge in [0.05, 0.1) is 28.0 Å². The van der Waals surface area contributed by atoms with Gasteiger partial charge in [-0.3, -0.25) is 14.9 Å². The number of rotatable bonds is 3. The van der Waals surface area contributed by atoms with Crippen molar-refractivity contribution >= 4 is 28.4 Å². The third-order valence-electron chi connectivity index (χ3n) is 3.43. The van der Waals surface area contributed by atoms with Gasteiger partial charge in [-0.2, -0.15) is 5.10 Å². The molecule has 112 valence electrons. The number of hydrazine groups is 1. The third kappa shape index (κ3) is 2.32. The van der Waals surface area contributed by atoms with Crippen LogP contribution >= 0.6 is 11.6 Å². The number of nitrogens with one attached hydrogen (secondary N) is 1. The highest BCUT2D eigenvalue weighted by Gasteiger charge is 2.17. The van der Waals surface area contributed by atoms with Crippen molar-refractivity contribution in [3.8, 4) is 11.4 Å². The van der Waals surface area contributed by atoms with Crippen LogP contribution in [0.2, 0.25) is 5.02 Å². The van der Waals surface area contributed by atoms with Crippen molar-refractivity contribution in [1.82, 2.24) is 20.2 Å². The van der Waals surface area contributed by atoms with Crippen molar-refractivity contribution in [2.24, 2.45) is 5.84 Å². The summed E-state index contributed by atoms with van der Waals surface area (Å²) in [4.78, 5) is 16.7. The van der Waals surface area contributed by atoms with Crippen molar-refractivity contribution in [2.45, 2.75) is 13.5 Å². The van der Waals surface area contributed by atoms with Gasteiger partial charge < -0.3 is 0 Å². The molecule has 0 aliphatic rings. The minimum absolute atomic E-state index is 0.376. The maximum atomic E-state index is 12.1. The Kier molecular flexibility index (Phi) is 3.79. The van der Waals surface area contributed by atoms with Gasteiger partial charge in [-0.25, -0.2) is 10.8 Å². The van der Waals surface area contributed by atoms with Gasteiger partial charge in [0.1, 0.15) is 5.69 Å². The quantitative estimate of drug-likeness (QED) is 0.441. The van der Waals surface area contributed by atoms with E-state index in [0.29, 0.717) is 34.0 Å². The molecule has 0 fully saturated rings. The number of pyridine rings is 1. The van der Waals surface area contributed by atoms with Gasteiger partial charge in [-0.1, -0.05) is 29.8 Å². The summed E-state index contributed by atoms with van der Waals surface area (Å²) in [6, 6.07) is 9.06. The molecule has 1 aromatic carbocycles. The van der Waals surface area contributed by atoms with Crippen LogP contribution < -0.4 is 11.3 Å². The van der Waals surface area contributed by atoms with Gasteiger partial charge in [0.25, 0.3) is 5.91 Å². The number of carbonyl (C=O) groups is 1. The van der Waals surface area contributed by atoms with Crippen molar-refractivity contribution in [3.05, 3.63) is 47.1 Å². The van der Waals surface area contributed by atoms with E-state index in [1.165, 1.54) is 0 Å². The number of para-hydroxylation sites is 1. The Bertz CT molecular complexity index is 858. The summed E-state index contributed by atoms with van der Waals surface area (Å²) >= 11 is 6.23. The number of hydrogen-bond donors (Lipinski definition) is 2. The summed E-state index contributed by atoms with van der Waals surface area (Å²) in [6.07, 6.45) is 1.57. The number of nitrogen functional groups attached to an aromatic ring is 1. The molecule has 0 unspecified atom stereocenters. The zero-order valence-electron chi connectivity index (χ0n) is 11.9. The minimum Gasteiger partial charge on any atom is -0.290 e. The molecule has 0 bridgehead atoms. The zero-order valence-corrected chi connectivity index (χ0v) is 12.6. The van der Waals surface area contributed by atoms with Gasteiger partial charge in [-0.15, -0.1) is 0 Å². The highest BCUT2D eigenvalue weighted by molar-refractivity contribution is 6.33. The maximum absolute atomic E-state index is 12.1. The van der Waals surface area contributed by atoms with Gasteiger partial charge in [0.15, 0.2) is 0 Å². The molecule has 0 aliphatic heterocycles. The molecule has 0 spiro atoms. The lowest BCUT2D eigenvalue weighted by molar-refractivity contribution is 0.0955. The number of amides is 1. The van der Waals surface area contributed by atoms with Crippen LogP contribution in [-0.4, -0.2) is 20.7 Å². The Morgan fingerprint density at radius 3 is 2.91 bits per heavy atom. The summed E-state index contributed by atoms with van der Waals surface area (Å²) in [5, 5.41) is 5.42. The normalized spacial score (nSPS) is 10.9. The van der Waals surface area contributed by atoms with Crippen LogP contribution in [0.3, 0.4) is 0 Å². The van der Waals surface area contributed by atoms with Crippen molar-refractivity contribution < 1.29 is 4.79 Å². The van der Waals surface area contributed by atoms with Crippen LogP contribution in [-0.2, 0) is 6.54 Å². The fourth-order valence-electron chi connectivity index (χ4n) is 2.42.